The maximum absolute atomic E-state index is 12.8. The Hall–Kier alpha value is -1.75. The first-order chi connectivity index (χ1) is 8.61. The number of rotatable bonds is 2. The minimum Gasteiger partial charge on any atom is -0.383 e. The van der Waals surface area contributed by atoms with Crippen molar-refractivity contribution < 1.29 is 4.39 Å². The lowest BCUT2D eigenvalue weighted by Crippen LogP contribution is -1.99. The van der Waals surface area contributed by atoms with E-state index in [0.717, 1.165) is 21.2 Å². The second-order valence-corrected chi connectivity index (χ2v) is 4.57. The second kappa shape index (κ2) is 5.27. The van der Waals surface area contributed by atoms with Crippen LogP contribution < -0.4 is 5.73 Å². The molecule has 0 radical (unpaired) electrons. The molecule has 0 bridgehead atoms. The smallest absolute Gasteiger partial charge is 0.212 e. The van der Waals surface area contributed by atoms with Crippen molar-refractivity contribution in [2.75, 3.05) is 5.73 Å². The molecule has 2 heterocycles. The zero-order chi connectivity index (χ0) is 13.1. The van der Waals surface area contributed by atoms with Crippen LogP contribution in [0.15, 0.2) is 41.1 Å². The highest BCUT2D eigenvalue weighted by molar-refractivity contribution is 9.10. The molecule has 0 aromatic carbocycles. The van der Waals surface area contributed by atoms with Gasteiger partial charge in [-0.15, -0.1) is 0 Å². The molecule has 92 valence electrons. The van der Waals surface area contributed by atoms with Gasteiger partial charge in [0.15, 0.2) is 0 Å². The van der Waals surface area contributed by atoms with Gasteiger partial charge in [-0.1, -0.05) is 6.08 Å². The maximum Gasteiger partial charge on any atom is 0.212 e. The predicted octanol–water partition coefficient (Wildman–Crippen LogP) is 3.41. The summed E-state index contributed by atoms with van der Waals surface area (Å²) in [6.45, 7) is 1.89. The van der Waals surface area contributed by atoms with E-state index >= 15 is 0 Å². The van der Waals surface area contributed by atoms with Crippen LogP contribution in [0.5, 0.6) is 0 Å². The molecular formula is C13H11BrFN3. The van der Waals surface area contributed by atoms with Crippen molar-refractivity contribution in [3.63, 3.8) is 0 Å². The molecule has 0 aliphatic heterocycles. The normalized spacial score (nSPS) is 11.6. The molecule has 0 atom stereocenters. The summed E-state index contributed by atoms with van der Waals surface area (Å²) in [7, 11) is 0. The summed E-state index contributed by atoms with van der Waals surface area (Å²) < 4.78 is 13.7. The molecule has 2 aromatic heterocycles. The fourth-order valence-corrected chi connectivity index (χ4v) is 2.01. The monoisotopic (exact) mass is 307 g/mol. The van der Waals surface area contributed by atoms with Crippen molar-refractivity contribution in [2.24, 2.45) is 0 Å². The summed E-state index contributed by atoms with van der Waals surface area (Å²) in [6, 6.07) is 4.86. The maximum atomic E-state index is 12.8. The summed E-state index contributed by atoms with van der Waals surface area (Å²) in [6.07, 6.45) is 5.01. The Morgan fingerprint density at radius 3 is 2.72 bits per heavy atom. The van der Waals surface area contributed by atoms with Crippen LogP contribution >= 0.6 is 15.9 Å². The van der Waals surface area contributed by atoms with Crippen molar-refractivity contribution in [1.82, 2.24) is 9.97 Å². The SMILES string of the molecule is C/C=C(\c1ccc(F)nc1)c1cc(Br)cnc1N. The van der Waals surface area contributed by atoms with E-state index in [1.54, 1.807) is 12.3 Å². The van der Waals surface area contributed by atoms with Gasteiger partial charge in [0.25, 0.3) is 0 Å². The van der Waals surface area contributed by atoms with Crippen molar-refractivity contribution in [3.8, 4) is 0 Å². The lowest BCUT2D eigenvalue weighted by Gasteiger charge is -2.10. The number of hydrogen-bond acceptors (Lipinski definition) is 3. The molecule has 2 N–H and O–H groups in total. The standard InChI is InChI=1S/C13H11BrFN3/c1-2-10(8-3-4-12(15)17-6-8)11-5-9(14)7-18-13(11)16/h2-7H,1H3,(H2,16,18)/b10-2+. The first-order valence-corrected chi connectivity index (χ1v) is 6.10. The lowest BCUT2D eigenvalue weighted by molar-refractivity contribution is 0.583. The van der Waals surface area contributed by atoms with E-state index in [1.807, 2.05) is 19.1 Å². The van der Waals surface area contributed by atoms with Crippen molar-refractivity contribution in [3.05, 3.63) is 58.2 Å². The topological polar surface area (TPSA) is 51.8 Å². The molecule has 0 saturated carbocycles. The van der Waals surface area contributed by atoms with Crippen LogP contribution in [0.1, 0.15) is 18.1 Å². The van der Waals surface area contributed by atoms with Gasteiger partial charge in [-0.3, -0.25) is 0 Å². The Balaban J connectivity index is 2.52. The number of nitrogens with zero attached hydrogens (tertiary/aromatic N) is 2. The van der Waals surface area contributed by atoms with Gasteiger partial charge in [0.2, 0.25) is 5.95 Å². The summed E-state index contributed by atoms with van der Waals surface area (Å²) in [4.78, 5) is 7.73. The Bertz CT molecular complexity index is 594. The number of halogens is 2. The molecular weight excluding hydrogens is 297 g/mol. The molecule has 3 nitrogen and oxygen atoms in total. The van der Waals surface area contributed by atoms with E-state index in [-0.39, 0.29) is 0 Å². The largest absolute Gasteiger partial charge is 0.383 e. The summed E-state index contributed by atoms with van der Waals surface area (Å²) in [5.74, 6) is -0.0785. The van der Waals surface area contributed by atoms with E-state index in [9.17, 15) is 4.39 Å². The first-order valence-electron chi connectivity index (χ1n) is 5.31. The molecule has 0 amide bonds. The molecule has 0 aliphatic carbocycles. The number of pyridine rings is 2. The van der Waals surface area contributed by atoms with Crippen LogP contribution in [0.2, 0.25) is 0 Å². The Labute approximate surface area is 113 Å². The Kier molecular flexibility index (Phi) is 3.72. The van der Waals surface area contributed by atoms with Crippen LogP contribution in [-0.2, 0) is 0 Å². The number of anilines is 1. The highest BCUT2D eigenvalue weighted by atomic mass is 79.9. The summed E-state index contributed by atoms with van der Waals surface area (Å²) >= 11 is 3.36. The van der Waals surface area contributed by atoms with Crippen LogP contribution in [-0.4, -0.2) is 9.97 Å². The van der Waals surface area contributed by atoms with Crippen LogP contribution in [0.25, 0.3) is 5.57 Å². The average Bonchev–Trinajstić information content (AvgIpc) is 2.37. The Morgan fingerprint density at radius 1 is 1.33 bits per heavy atom. The number of allylic oxidation sites excluding steroid dienone is 1. The Morgan fingerprint density at radius 2 is 2.11 bits per heavy atom. The molecule has 0 aliphatic rings. The number of nitrogen functional groups attached to an aromatic ring is 1. The summed E-state index contributed by atoms with van der Waals surface area (Å²) in [5, 5.41) is 0. The van der Waals surface area contributed by atoms with Gasteiger partial charge in [-0.05, 0) is 46.6 Å². The molecule has 0 unspecified atom stereocenters. The van der Waals surface area contributed by atoms with E-state index < -0.39 is 5.95 Å². The molecule has 2 rings (SSSR count). The highest BCUT2D eigenvalue weighted by Gasteiger charge is 2.10. The van der Waals surface area contributed by atoms with Gasteiger partial charge in [-0.2, -0.15) is 4.39 Å². The molecule has 2 aromatic rings. The minimum atomic E-state index is -0.505. The van der Waals surface area contributed by atoms with Crippen molar-refractivity contribution in [2.45, 2.75) is 6.92 Å². The lowest BCUT2D eigenvalue weighted by atomic mass is 10.00. The third-order valence-corrected chi connectivity index (χ3v) is 2.94. The number of nitrogens with two attached hydrogens (primary N) is 1. The minimum absolute atomic E-state index is 0.427. The van der Waals surface area contributed by atoms with Gasteiger partial charge in [-0.25, -0.2) is 9.97 Å². The molecule has 0 saturated heterocycles. The number of aromatic nitrogens is 2. The molecule has 5 heteroatoms. The second-order valence-electron chi connectivity index (χ2n) is 3.66. The zero-order valence-electron chi connectivity index (χ0n) is 9.69. The van der Waals surface area contributed by atoms with Crippen molar-refractivity contribution in [1.29, 1.82) is 0 Å². The van der Waals surface area contributed by atoms with Crippen LogP contribution in [0.4, 0.5) is 10.2 Å². The van der Waals surface area contributed by atoms with Gasteiger partial charge < -0.3 is 5.73 Å². The van der Waals surface area contributed by atoms with Gasteiger partial charge >= 0.3 is 0 Å². The molecule has 18 heavy (non-hydrogen) atoms. The predicted molar refractivity (Wildman–Crippen MR) is 73.3 cm³/mol. The molecule has 0 spiro atoms. The third kappa shape index (κ3) is 2.56. The van der Waals surface area contributed by atoms with Crippen LogP contribution in [0, 0.1) is 5.95 Å². The van der Waals surface area contributed by atoms with Crippen molar-refractivity contribution >= 4 is 27.3 Å². The fourth-order valence-electron chi connectivity index (χ4n) is 1.68. The third-order valence-electron chi connectivity index (χ3n) is 2.50. The fraction of sp³-hybridized carbons (Fsp3) is 0.0769. The van der Waals surface area contributed by atoms with E-state index in [1.165, 1.54) is 12.3 Å². The first kappa shape index (κ1) is 12.7. The van der Waals surface area contributed by atoms with Gasteiger partial charge in [0, 0.05) is 28.0 Å². The van der Waals surface area contributed by atoms with E-state index in [4.69, 9.17) is 5.73 Å². The summed E-state index contributed by atoms with van der Waals surface area (Å²) in [5.41, 5.74) is 8.32. The van der Waals surface area contributed by atoms with E-state index in [0.29, 0.717) is 5.82 Å². The van der Waals surface area contributed by atoms with Gasteiger partial charge in [0.05, 0.1) is 0 Å². The van der Waals surface area contributed by atoms with E-state index in [2.05, 4.69) is 25.9 Å². The zero-order valence-corrected chi connectivity index (χ0v) is 11.3. The highest BCUT2D eigenvalue weighted by Crippen LogP contribution is 2.28. The average molecular weight is 308 g/mol. The number of hydrogen-bond donors (Lipinski definition) is 1. The quantitative estimate of drug-likeness (QED) is 0.865. The van der Waals surface area contributed by atoms with Crippen LogP contribution in [0.3, 0.4) is 0 Å². The van der Waals surface area contributed by atoms with Gasteiger partial charge in [0.1, 0.15) is 5.82 Å². The molecule has 0 fully saturated rings.